The number of likely N-dealkylation sites (tertiary alicyclic amines) is 1. The topological polar surface area (TPSA) is 141 Å². The van der Waals surface area contributed by atoms with E-state index in [1.165, 1.54) is 7.11 Å². The number of aromatic nitrogens is 1. The largest absolute Gasteiger partial charge is 0.495 e. The Morgan fingerprint density at radius 1 is 1.27 bits per heavy atom. The van der Waals surface area contributed by atoms with E-state index in [9.17, 15) is 24.3 Å². The maximum absolute atomic E-state index is 13.7. The molecule has 5 atom stereocenters. The minimum absolute atomic E-state index is 0.0221. The molecule has 11 heteroatoms. The minimum Gasteiger partial charge on any atom is -0.495 e. The first-order valence-corrected chi connectivity index (χ1v) is 13.1. The average Bonchev–Trinajstić information content (AvgIpc) is 3.67. The number of hydrogen-bond acceptors (Lipinski definition) is 6. The van der Waals surface area contributed by atoms with Gasteiger partial charge in [0.05, 0.1) is 23.7 Å². The molecule has 37 heavy (non-hydrogen) atoms. The summed E-state index contributed by atoms with van der Waals surface area (Å²) in [6.45, 7) is 0.215. The lowest BCUT2D eigenvalue weighted by atomic mass is 9.92. The molecular formula is C26H31ClN4O6. The highest BCUT2D eigenvalue weighted by atomic mass is 35.5. The van der Waals surface area contributed by atoms with Crippen molar-refractivity contribution in [3.8, 4) is 5.75 Å². The van der Waals surface area contributed by atoms with Crippen LogP contribution >= 0.6 is 11.6 Å². The van der Waals surface area contributed by atoms with Crippen molar-refractivity contribution in [2.24, 2.45) is 17.8 Å². The van der Waals surface area contributed by atoms with Gasteiger partial charge in [0, 0.05) is 24.4 Å². The number of halogens is 1. The zero-order valence-electron chi connectivity index (χ0n) is 20.6. The lowest BCUT2D eigenvalue weighted by Crippen LogP contribution is -2.53. The van der Waals surface area contributed by atoms with Gasteiger partial charge in [0.2, 0.25) is 11.8 Å². The first-order chi connectivity index (χ1) is 17.8. The van der Waals surface area contributed by atoms with E-state index in [1.54, 1.807) is 23.1 Å². The number of carbonyl (C=O) groups is 4. The first-order valence-electron chi connectivity index (χ1n) is 12.7. The number of aromatic amines is 1. The Balaban J connectivity index is 1.41. The fraction of sp³-hybridized carbons (Fsp3) is 0.538. The van der Waals surface area contributed by atoms with E-state index < -0.39 is 36.3 Å². The summed E-state index contributed by atoms with van der Waals surface area (Å²) < 4.78 is 5.40. The van der Waals surface area contributed by atoms with Crippen LogP contribution in [0.15, 0.2) is 18.2 Å². The molecule has 198 valence electrons. The predicted octanol–water partition coefficient (Wildman–Crippen LogP) is 1.64. The highest BCUT2D eigenvalue weighted by Crippen LogP contribution is 2.43. The van der Waals surface area contributed by atoms with Crippen LogP contribution in [0.2, 0.25) is 5.02 Å². The third-order valence-corrected chi connectivity index (χ3v) is 8.45. The lowest BCUT2D eigenvalue weighted by molar-refractivity contribution is -0.133. The number of benzene rings is 1. The summed E-state index contributed by atoms with van der Waals surface area (Å²) >= 11 is 6.36. The molecule has 0 spiro atoms. The number of nitrogens with one attached hydrogen (secondary N) is 3. The molecule has 1 aromatic carbocycles. The van der Waals surface area contributed by atoms with Crippen LogP contribution in [0.3, 0.4) is 0 Å². The van der Waals surface area contributed by atoms with Crippen LogP contribution in [-0.2, 0) is 14.4 Å². The van der Waals surface area contributed by atoms with Crippen LogP contribution in [0.4, 0.5) is 0 Å². The highest BCUT2D eigenvalue weighted by molar-refractivity contribution is 6.35. The van der Waals surface area contributed by atoms with E-state index in [0.717, 1.165) is 19.3 Å². The molecule has 3 amide bonds. The first kappa shape index (κ1) is 25.5. The molecular weight excluding hydrogens is 500 g/mol. The van der Waals surface area contributed by atoms with Crippen LogP contribution in [0.5, 0.6) is 5.75 Å². The van der Waals surface area contributed by atoms with Crippen LogP contribution in [0.1, 0.15) is 42.6 Å². The summed E-state index contributed by atoms with van der Waals surface area (Å²) in [6.07, 6.45) is 3.39. The Morgan fingerprint density at radius 3 is 2.78 bits per heavy atom. The Bertz CT molecular complexity index is 1250. The van der Waals surface area contributed by atoms with Gasteiger partial charge < -0.3 is 30.4 Å². The monoisotopic (exact) mass is 530 g/mol. The molecule has 2 saturated heterocycles. The van der Waals surface area contributed by atoms with Gasteiger partial charge in [-0.25, -0.2) is 0 Å². The molecule has 5 rings (SSSR count). The van der Waals surface area contributed by atoms with Gasteiger partial charge in [-0.05, 0) is 55.7 Å². The molecule has 0 radical (unpaired) electrons. The minimum atomic E-state index is -1.00. The van der Waals surface area contributed by atoms with Crippen LogP contribution < -0.4 is 15.4 Å². The summed E-state index contributed by atoms with van der Waals surface area (Å²) in [5, 5.41) is 16.1. The smallest absolute Gasteiger partial charge is 0.271 e. The normalized spacial score (nSPS) is 25.7. The number of nitrogens with zero attached hydrogens (tertiary/aromatic N) is 1. The number of Topliss-reactive ketones (excluding diaryl/α,β-unsaturated/α-hetero) is 1. The SMILES string of the molecule is COc1ccc(Cl)c2cc(C(=O)N3CC4CCCC4C3C(=O)NC(CC3CCNC3=O)C(=O)CO)[nH]c12. The molecule has 10 nitrogen and oxygen atoms in total. The number of ether oxygens (including phenoxy) is 1. The van der Waals surface area contributed by atoms with Crippen LogP contribution in [-0.4, -0.2) is 77.4 Å². The Hall–Kier alpha value is -3.11. The van der Waals surface area contributed by atoms with Crippen molar-refractivity contribution < 1.29 is 29.0 Å². The van der Waals surface area contributed by atoms with E-state index >= 15 is 0 Å². The number of H-pyrrole nitrogens is 1. The fourth-order valence-electron chi connectivity index (χ4n) is 6.24. The van der Waals surface area contributed by atoms with Crippen molar-refractivity contribution in [3.05, 3.63) is 28.9 Å². The van der Waals surface area contributed by atoms with Gasteiger partial charge in [0.25, 0.3) is 5.91 Å². The molecule has 2 aliphatic heterocycles. The molecule has 3 aliphatic rings. The van der Waals surface area contributed by atoms with E-state index in [4.69, 9.17) is 16.3 Å². The quantitative estimate of drug-likeness (QED) is 0.409. The van der Waals surface area contributed by atoms with Crippen molar-refractivity contribution in [3.63, 3.8) is 0 Å². The third kappa shape index (κ3) is 4.68. The summed E-state index contributed by atoms with van der Waals surface area (Å²) in [4.78, 5) is 56.7. The lowest BCUT2D eigenvalue weighted by Gasteiger charge is -2.29. The predicted molar refractivity (Wildman–Crippen MR) is 135 cm³/mol. The maximum Gasteiger partial charge on any atom is 0.271 e. The van der Waals surface area contributed by atoms with Gasteiger partial charge in [-0.3, -0.25) is 19.2 Å². The third-order valence-electron chi connectivity index (χ3n) is 8.12. The molecule has 1 saturated carbocycles. The van der Waals surface area contributed by atoms with Crippen molar-refractivity contribution in [1.82, 2.24) is 20.5 Å². The number of fused-ring (bicyclic) bond motifs is 2. The molecule has 3 heterocycles. The van der Waals surface area contributed by atoms with Crippen molar-refractivity contribution in [1.29, 1.82) is 0 Å². The average molecular weight is 531 g/mol. The van der Waals surface area contributed by atoms with Gasteiger partial charge in [-0.1, -0.05) is 18.0 Å². The van der Waals surface area contributed by atoms with Gasteiger partial charge in [-0.2, -0.15) is 0 Å². The highest BCUT2D eigenvalue weighted by Gasteiger charge is 2.50. The number of ketones is 1. The summed E-state index contributed by atoms with van der Waals surface area (Å²) in [7, 11) is 1.53. The molecule has 3 fully saturated rings. The van der Waals surface area contributed by atoms with Gasteiger partial charge in [0.1, 0.15) is 24.1 Å². The number of aliphatic hydroxyl groups is 1. The molecule has 2 aromatic rings. The second kappa shape index (κ2) is 10.3. The number of amides is 3. The summed E-state index contributed by atoms with van der Waals surface area (Å²) in [5.74, 6) is -1.17. The molecule has 5 unspecified atom stereocenters. The van der Waals surface area contributed by atoms with E-state index in [1.807, 2.05) is 0 Å². The second-order valence-corrected chi connectivity index (χ2v) is 10.6. The second-order valence-electron chi connectivity index (χ2n) is 10.2. The number of carbonyl (C=O) groups excluding carboxylic acids is 4. The summed E-state index contributed by atoms with van der Waals surface area (Å²) in [5.41, 5.74) is 0.895. The number of aliphatic hydroxyl groups excluding tert-OH is 1. The van der Waals surface area contributed by atoms with Crippen molar-refractivity contribution in [2.45, 2.75) is 44.2 Å². The van der Waals surface area contributed by atoms with Gasteiger partial charge >= 0.3 is 0 Å². The van der Waals surface area contributed by atoms with Gasteiger partial charge in [-0.15, -0.1) is 0 Å². The molecule has 4 N–H and O–H groups in total. The van der Waals surface area contributed by atoms with E-state index in [0.29, 0.717) is 46.9 Å². The van der Waals surface area contributed by atoms with E-state index in [2.05, 4.69) is 15.6 Å². The van der Waals surface area contributed by atoms with E-state index in [-0.39, 0.29) is 30.1 Å². The Morgan fingerprint density at radius 2 is 2.08 bits per heavy atom. The zero-order valence-corrected chi connectivity index (χ0v) is 21.3. The molecule has 1 aliphatic carbocycles. The zero-order chi connectivity index (χ0) is 26.3. The maximum atomic E-state index is 13.7. The number of methoxy groups -OCH3 is 1. The number of rotatable bonds is 8. The fourth-order valence-corrected chi connectivity index (χ4v) is 6.45. The number of hydrogen-bond donors (Lipinski definition) is 4. The summed E-state index contributed by atoms with van der Waals surface area (Å²) in [6, 6.07) is 3.33. The van der Waals surface area contributed by atoms with Crippen LogP contribution in [0, 0.1) is 17.8 Å². The van der Waals surface area contributed by atoms with Crippen LogP contribution in [0.25, 0.3) is 10.9 Å². The van der Waals surface area contributed by atoms with Gasteiger partial charge in [0.15, 0.2) is 5.78 Å². The standard InChI is InChI=1S/C26H31ClN4O6/c1-37-21-6-5-17(27)16-10-19(29-22(16)21)26(36)31-11-14-3-2-4-15(14)23(31)25(35)30-18(20(33)12-32)9-13-7-8-28-24(13)34/h5-6,10,13-15,18,23,29,32H,2-4,7-9,11-12H2,1H3,(H,28,34)(H,30,35). The Labute approximate surface area is 219 Å². The van der Waals surface area contributed by atoms with Crippen molar-refractivity contribution >= 4 is 46.0 Å². The molecule has 1 aromatic heterocycles. The Kier molecular flexibility index (Phi) is 7.13. The van der Waals surface area contributed by atoms with Crippen molar-refractivity contribution in [2.75, 3.05) is 26.8 Å². The molecule has 0 bridgehead atoms.